The molecule has 2 aromatic heterocycles. The number of ether oxygens (including phenoxy) is 1. The molecule has 0 atom stereocenters. The van der Waals surface area contributed by atoms with Crippen LogP contribution in [-0.4, -0.2) is 52.3 Å². The zero-order valence-corrected chi connectivity index (χ0v) is 19.6. The molecule has 1 saturated heterocycles. The number of nitrogens with zero attached hydrogens (tertiary/aromatic N) is 1. The van der Waals surface area contributed by atoms with E-state index in [0.29, 0.717) is 16.7 Å². The van der Waals surface area contributed by atoms with Gasteiger partial charge in [0, 0.05) is 62.3 Å². The van der Waals surface area contributed by atoms with E-state index in [1.807, 2.05) is 36.4 Å². The summed E-state index contributed by atoms with van der Waals surface area (Å²) in [7, 11) is 0. The topological polar surface area (TPSA) is 64.3 Å². The minimum atomic E-state index is -0.144. The number of fused-ring (bicyclic) bond motifs is 6. The predicted molar refractivity (Wildman–Crippen MR) is 137 cm³/mol. The first-order chi connectivity index (χ1) is 16.1. The van der Waals surface area contributed by atoms with E-state index in [2.05, 4.69) is 20.9 Å². The zero-order chi connectivity index (χ0) is 22.5. The molecule has 7 heteroatoms. The fraction of sp³-hybridized carbons (Fsp3) is 0.308. The molecule has 170 valence electrons. The summed E-state index contributed by atoms with van der Waals surface area (Å²) in [5, 5.41) is 15.5. The summed E-state index contributed by atoms with van der Waals surface area (Å²) in [5.74, 6) is 0.830. The van der Waals surface area contributed by atoms with Crippen molar-refractivity contribution in [1.29, 1.82) is 0 Å². The fourth-order valence-electron chi connectivity index (χ4n) is 5.05. The Morgan fingerprint density at radius 1 is 0.848 bits per heavy atom. The van der Waals surface area contributed by atoms with Crippen LogP contribution in [0.1, 0.15) is 19.3 Å². The number of hydrogen-bond acceptors (Lipinski definition) is 3. The van der Waals surface area contributed by atoms with E-state index >= 15 is 0 Å². The van der Waals surface area contributed by atoms with Crippen molar-refractivity contribution in [2.45, 2.75) is 25.4 Å². The number of H-pyrrole nitrogens is 2. The highest BCUT2D eigenvalue weighted by atomic mass is 35.5. The third kappa shape index (κ3) is 3.83. The van der Waals surface area contributed by atoms with Crippen molar-refractivity contribution in [3.8, 4) is 5.75 Å². The molecule has 1 aliphatic heterocycles. The molecule has 3 N–H and O–H groups in total. The van der Waals surface area contributed by atoms with Gasteiger partial charge in [-0.2, -0.15) is 0 Å². The quantitative estimate of drug-likeness (QED) is 0.251. The van der Waals surface area contributed by atoms with Gasteiger partial charge in [0.25, 0.3) is 0 Å². The molecule has 1 fully saturated rings. The molecule has 0 radical (unpaired) electrons. The maximum absolute atomic E-state index is 9.73. The number of aromatic nitrogens is 2. The Morgan fingerprint density at radius 2 is 1.42 bits per heavy atom. The van der Waals surface area contributed by atoms with E-state index < -0.39 is 0 Å². The Labute approximate surface area is 201 Å². The van der Waals surface area contributed by atoms with Crippen molar-refractivity contribution in [1.82, 2.24) is 14.9 Å². The fourth-order valence-corrected chi connectivity index (χ4v) is 5.39. The third-order valence-corrected chi connectivity index (χ3v) is 7.24. The lowest BCUT2D eigenvalue weighted by atomic mass is 10.1. The first-order valence-corrected chi connectivity index (χ1v) is 12.2. The summed E-state index contributed by atoms with van der Waals surface area (Å²) < 4.78 is 6.46. The van der Waals surface area contributed by atoms with Gasteiger partial charge in [0.05, 0.1) is 23.7 Å². The first kappa shape index (κ1) is 21.1. The number of piperidine rings is 1. The molecule has 5 nitrogen and oxygen atoms in total. The zero-order valence-electron chi connectivity index (χ0n) is 18.1. The second-order valence-corrected chi connectivity index (χ2v) is 9.83. The monoisotopic (exact) mass is 481 g/mol. The lowest BCUT2D eigenvalue weighted by Gasteiger charge is -2.29. The number of likely N-dealkylation sites (tertiary alicyclic amines) is 1. The summed E-state index contributed by atoms with van der Waals surface area (Å²) in [6, 6.07) is 14.0. The predicted octanol–water partition coefficient (Wildman–Crippen LogP) is 6.49. The van der Waals surface area contributed by atoms with Crippen molar-refractivity contribution in [2.24, 2.45) is 0 Å². The SMILES string of the molecule is OC1CCN(CCCOc2c3[nH]c4ccc(Cl)cc4c3cc3c2[nH]c2ccc(Cl)cc23)CC1. The molecular formula is C26H25Cl2N3O2. The van der Waals surface area contributed by atoms with Crippen molar-refractivity contribution in [3.05, 3.63) is 52.5 Å². The Morgan fingerprint density at radius 3 is 2.00 bits per heavy atom. The van der Waals surface area contributed by atoms with Crippen molar-refractivity contribution in [3.63, 3.8) is 0 Å². The average molecular weight is 482 g/mol. The van der Waals surface area contributed by atoms with Gasteiger partial charge in [0.1, 0.15) is 0 Å². The molecule has 0 saturated carbocycles. The third-order valence-electron chi connectivity index (χ3n) is 6.77. The number of rotatable bonds is 5. The minimum absolute atomic E-state index is 0.144. The van der Waals surface area contributed by atoms with Crippen LogP contribution < -0.4 is 4.74 Å². The second kappa shape index (κ2) is 8.41. The van der Waals surface area contributed by atoms with Crippen LogP contribution in [0.3, 0.4) is 0 Å². The highest BCUT2D eigenvalue weighted by Gasteiger charge is 2.19. The Bertz CT molecular complexity index is 1390. The number of aliphatic hydroxyl groups excluding tert-OH is 1. The number of nitrogens with one attached hydrogen (secondary N) is 2. The summed E-state index contributed by atoms with van der Waals surface area (Å²) in [4.78, 5) is 9.50. The molecule has 0 unspecified atom stereocenters. The van der Waals surface area contributed by atoms with E-state index in [-0.39, 0.29) is 6.10 Å². The van der Waals surface area contributed by atoms with Crippen LogP contribution in [0.5, 0.6) is 5.75 Å². The molecule has 3 aromatic carbocycles. The van der Waals surface area contributed by atoms with Gasteiger partial charge in [0.15, 0.2) is 5.75 Å². The maximum atomic E-state index is 9.73. The molecule has 0 amide bonds. The molecule has 5 aromatic rings. The molecule has 1 aliphatic rings. The lowest BCUT2D eigenvalue weighted by molar-refractivity contribution is 0.0801. The number of aromatic amines is 2. The van der Waals surface area contributed by atoms with E-state index in [9.17, 15) is 5.11 Å². The van der Waals surface area contributed by atoms with Gasteiger partial charge in [-0.3, -0.25) is 0 Å². The van der Waals surface area contributed by atoms with Gasteiger partial charge in [0.2, 0.25) is 0 Å². The van der Waals surface area contributed by atoms with E-state index in [1.165, 1.54) is 0 Å². The van der Waals surface area contributed by atoms with Crippen LogP contribution in [0.15, 0.2) is 42.5 Å². The highest BCUT2D eigenvalue weighted by Crippen LogP contribution is 2.41. The maximum Gasteiger partial charge on any atom is 0.167 e. The standard InChI is InChI=1S/C26H25Cl2N3O2/c27-15-2-4-22-18(12-15)20-14-21-19-13-16(28)3-5-23(19)30-25(21)26(24(20)29-22)33-11-1-8-31-9-6-17(32)7-10-31/h2-5,12-14,17,29-30,32H,1,6-11H2. The Balaban J connectivity index is 1.41. The normalized spacial score (nSPS) is 16.0. The smallest absolute Gasteiger partial charge is 0.167 e. The number of aliphatic hydroxyl groups is 1. The van der Waals surface area contributed by atoms with E-state index in [1.54, 1.807) is 0 Å². The molecule has 0 aliphatic carbocycles. The Kier molecular flexibility index (Phi) is 5.38. The lowest BCUT2D eigenvalue weighted by Crippen LogP contribution is -2.36. The van der Waals surface area contributed by atoms with Crippen LogP contribution in [0.2, 0.25) is 10.0 Å². The van der Waals surface area contributed by atoms with Gasteiger partial charge in [-0.1, -0.05) is 23.2 Å². The Hall–Kier alpha value is -2.44. The highest BCUT2D eigenvalue weighted by molar-refractivity contribution is 6.33. The van der Waals surface area contributed by atoms with E-state index in [4.69, 9.17) is 27.9 Å². The largest absolute Gasteiger partial charge is 0.489 e. The molecule has 33 heavy (non-hydrogen) atoms. The van der Waals surface area contributed by atoms with Gasteiger partial charge >= 0.3 is 0 Å². The molecule has 3 heterocycles. The number of halogens is 2. The van der Waals surface area contributed by atoms with E-state index in [0.717, 1.165) is 88.3 Å². The van der Waals surface area contributed by atoms with Gasteiger partial charge in [-0.25, -0.2) is 0 Å². The number of hydrogen-bond donors (Lipinski definition) is 3. The van der Waals surface area contributed by atoms with Crippen LogP contribution in [0.4, 0.5) is 0 Å². The average Bonchev–Trinajstić information content (AvgIpc) is 3.35. The van der Waals surface area contributed by atoms with Gasteiger partial charge < -0.3 is 24.7 Å². The van der Waals surface area contributed by atoms with Crippen LogP contribution in [0.25, 0.3) is 43.6 Å². The van der Waals surface area contributed by atoms with Crippen molar-refractivity contribution >= 4 is 66.8 Å². The second-order valence-electron chi connectivity index (χ2n) is 8.96. The molecule has 0 spiro atoms. The number of benzene rings is 3. The summed E-state index contributed by atoms with van der Waals surface area (Å²) in [5.41, 5.74) is 4.00. The summed E-state index contributed by atoms with van der Waals surface area (Å²) in [6.45, 7) is 3.48. The van der Waals surface area contributed by atoms with Crippen LogP contribution in [-0.2, 0) is 0 Å². The summed E-state index contributed by atoms with van der Waals surface area (Å²) in [6.07, 6.45) is 2.49. The van der Waals surface area contributed by atoms with Crippen molar-refractivity contribution in [2.75, 3.05) is 26.2 Å². The van der Waals surface area contributed by atoms with Crippen molar-refractivity contribution < 1.29 is 9.84 Å². The van der Waals surface area contributed by atoms with Gasteiger partial charge in [-0.05, 0) is 61.7 Å². The molecular weight excluding hydrogens is 457 g/mol. The van der Waals surface area contributed by atoms with Crippen LogP contribution >= 0.6 is 23.2 Å². The summed E-state index contributed by atoms with van der Waals surface area (Å²) >= 11 is 12.6. The molecule has 0 bridgehead atoms. The first-order valence-electron chi connectivity index (χ1n) is 11.4. The minimum Gasteiger partial charge on any atom is -0.489 e. The van der Waals surface area contributed by atoms with Crippen LogP contribution in [0, 0.1) is 0 Å². The van der Waals surface area contributed by atoms with Gasteiger partial charge in [-0.15, -0.1) is 0 Å². The molecule has 6 rings (SSSR count).